The Kier molecular flexibility index (Phi) is 3.93. The van der Waals surface area contributed by atoms with Gasteiger partial charge in [-0.2, -0.15) is 0 Å². The van der Waals surface area contributed by atoms with Crippen LogP contribution >= 0.6 is 0 Å². The molecule has 0 unspecified atom stereocenters. The molecule has 0 aromatic heterocycles. The van der Waals surface area contributed by atoms with Crippen molar-refractivity contribution in [3.05, 3.63) is 17.9 Å². The van der Waals surface area contributed by atoms with E-state index in [2.05, 4.69) is 10.1 Å². The van der Waals surface area contributed by atoms with Crippen molar-refractivity contribution in [2.75, 3.05) is 31.8 Å². The highest BCUT2D eigenvalue weighted by molar-refractivity contribution is 5.78. The quantitative estimate of drug-likeness (QED) is 0.594. The lowest BCUT2D eigenvalue weighted by Gasteiger charge is -2.10. The fourth-order valence-corrected chi connectivity index (χ4v) is 1.12. The van der Waals surface area contributed by atoms with Crippen molar-refractivity contribution in [1.82, 2.24) is 0 Å². The van der Waals surface area contributed by atoms with Crippen molar-refractivity contribution < 1.29 is 18.7 Å². The summed E-state index contributed by atoms with van der Waals surface area (Å²) in [5, 5.41) is 2.72. The molecule has 1 aromatic carbocycles. The zero-order valence-electron chi connectivity index (χ0n) is 9.04. The molecule has 0 saturated heterocycles. The van der Waals surface area contributed by atoms with Crippen LogP contribution in [0.25, 0.3) is 0 Å². The Balaban J connectivity index is 2.83. The van der Waals surface area contributed by atoms with Gasteiger partial charge in [-0.3, -0.25) is 4.79 Å². The summed E-state index contributed by atoms with van der Waals surface area (Å²) in [4.78, 5) is 10.9. The van der Waals surface area contributed by atoms with Gasteiger partial charge in [0.15, 0.2) is 11.6 Å². The van der Waals surface area contributed by atoms with Gasteiger partial charge < -0.3 is 20.5 Å². The number of nitrogens with two attached hydrogens (primary N) is 1. The predicted molar refractivity (Wildman–Crippen MR) is 57.9 cm³/mol. The molecule has 16 heavy (non-hydrogen) atoms. The van der Waals surface area contributed by atoms with Crippen LogP contribution in [-0.2, 0) is 9.53 Å². The average molecular weight is 228 g/mol. The lowest BCUT2D eigenvalue weighted by atomic mass is 10.2. The molecular weight excluding hydrogens is 215 g/mol. The smallest absolute Gasteiger partial charge is 0.325 e. The van der Waals surface area contributed by atoms with E-state index in [1.807, 2.05) is 0 Å². The topological polar surface area (TPSA) is 73.6 Å². The monoisotopic (exact) mass is 228 g/mol. The molecule has 0 saturated carbocycles. The minimum absolute atomic E-state index is 0.0461. The summed E-state index contributed by atoms with van der Waals surface area (Å²) in [6, 6.07) is 2.51. The third-order valence-corrected chi connectivity index (χ3v) is 1.97. The fourth-order valence-electron chi connectivity index (χ4n) is 1.12. The number of benzene rings is 1. The lowest BCUT2D eigenvalue weighted by molar-refractivity contribution is -0.138. The Morgan fingerprint density at radius 3 is 2.75 bits per heavy atom. The summed E-state index contributed by atoms with van der Waals surface area (Å²) in [6.45, 7) is -0.0461. The fraction of sp³-hybridized carbons (Fsp3) is 0.300. The van der Waals surface area contributed by atoms with Crippen LogP contribution in [0.15, 0.2) is 12.1 Å². The first-order chi connectivity index (χ1) is 7.58. The summed E-state index contributed by atoms with van der Waals surface area (Å²) in [6.07, 6.45) is 0. The molecular formula is C10H13FN2O3. The summed E-state index contributed by atoms with van der Waals surface area (Å²) in [7, 11) is 2.62. The van der Waals surface area contributed by atoms with E-state index >= 15 is 0 Å². The van der Waals surface area contributed by atoms with Crippen LogP contribution < -0.4 is 15.8 Å². The van der Waals surface area contributed by atoms with E-state index < -0.39 is 11.8 Å². The SMILES string of the molecule is COC(=O)CNc1cc(OC)c(F)cc1N. The standard InChI is InChI=1S/C10H13FN2O3/c1-15-9-4-8(7(12)3-6(9)11)13-5-10(14)16-2/h3-4,13H,5,12H2,1-2H3. The lowest BCUT2D eigenvalue weighted by Crippen LogP contribution is -2.16. The highest BCUT2D eigenvalue weighted by Gasteiger charge is 2.09. The molecule has 1 rings (SSSR count). The molecule has 88 valence electrons. The van der Waals surface area contributed by atoms with E-state index in [1.54, 1.807) is 0 Å². The molecule has 3 N–H and O–H groups in total. The van der Waals surface area contributed by atoms with E-state index in [1.165, 1.54) is 20.3 Å². The Labute approximate surface area is 92.3 Å². The van der Waals surface area contributed by atoms with E-state index in [-0.39, 0.29) is 18.0 Å². The molecule has 0 spiro atoms. The van der Waals surface area contributed by atoms with Crippen LogP contribution in [0.1, 0.15) is 0 Å². The number of hydrogen-bond donors (Lipinski definition) is 2. The number of esters is 1. The number of anilines is 2. The van der Waals surface area contributed by atoms with Gasteiger partial charge in [0.2, 0.25) is 0 Å². The van der Waals surface area contributed by atoms with Crippen LogP contribution in [-0.4, -0.2) is 26.7 Å². The highest BCUT2D eigenvalue weighted by Crippen LogP contribution is 2.27. The minimum atomic E-state index is -0.552. The van der Waals surface area contributed by atoms with Gasteiger partial charge in [-0.25, -0.2) is 4.39 Å². The van der Waals surface area contributed by atoms with Crippen LogP contribution in [0.5, 0.6) is 5.75 Å². The number of carbonyl (C=O) groups is 1. The van der Waals surface area contributed by atoms with Gasteiger partial charge in [0.1, 0.15) is 6.54 Å². The van der Waals surface area contributed by atoms with Crippen molar-refractivity contribution in [1.29, 1.82) is 0 Å². The molecule has 0 fully saturated rings. The number of hydrogen-bond acceptors (Lipinski definition) is 5. The Morgan fingerprint density at radius 2 is 2.19 bits per heavy atom. The second kappa shape index (κ2) is 5.20. The first-order valence-electron chi connectivity index (χ1n) is 4.52. The number of carbonyl (C=O) groups excluding carboxylic acids is 1. The zero-order chi connectivity index (χ0) is 12.1. The number of halogens is 1. The maximum absolute atomic E-state index is 13.2. The molecule has 0 aliphatic heterocycles. The van der Waals surface area contributed by atoms with Crippen molar-refractivity contribution in [3.8, 4) is 5.75 Å². The molecule has 0 aliphatic rings. The third-order valence-electron chi connectivity index (χ3n) is 1.97. The van der Waals surface area contributed by atoms with Gasteiger partial charge in [-0.1, -0.05) is 0 Å². The van der Waals surface area contributed by atoms with Gasteiger partial charge >= 0.3 is 5.97 Å². The van der Waals surface area contributed by atoms with Gasteiger partial charge in [0.25, 0.3) is 0 Å². The molecule has 5 nitrogen and oxygen atoms in total. The van der Waals surface area contributed by atoms with Gasteiger partial charge in [-0.05, 0) is 0 Å². The van der Waals surface area contributed by atoms with Crippen LogP contribution in [0.4, 0.5) is 15.8 Å². The Hall–Kier alpha value is -1.98. The molecule has 1 aromatic rings. The molecule has 0 bridgehead atoms. The summed E-state index contributed by atoms with van der Waals surface area (Å²) in [5.41, 5.74) is 6.18. The molecule has 0 atom stereocenters. The zero-order valence-corrected chi connectivity index (χ0v) is 9.04. The summed E-state index contributed by atoms with van der Waals surface area (Å²) in [5.74, 6) is -0.937. The van der Waals surface area contributed by atoms with Gasteiger partial charge in [0, 0.05) is 12.1 Å². The third kappa shape index (κ3) is 2.75. The van der Waals surface area contributed by atoms with Gasteiger partial charge in [-0.15, -0.1) is 0 Å². The van der Waals surface area contributed by atoms with Crippen molar-refractivity contribution in [2.24, 2.45) is 0 Å². The second-order valence-electron chi connectivity index (χ2n) is 3.00. The normalized spacial score (nSPS) is 9.69. The van der Waals surface area contributed by atoms with E-state index in [4.69, 9.17) is 10.5 Å². The van der Waals surface area contributed by atoms with E-state index in [9.17, 15) is 9.18 Å². The van der Waals surface area contributed by atoms with Crippen LogP contribution in [0, 0.1) is 5.82 Å². The predicted octanol–water partition coefficient (Wildman–Crippen LogP) is 1.00. The van der Waals surface area contributed by atoms with Crippen LogP contribution in [0.3, 0.4) is 0 Å². The molecule has 0 heterocycles. The number of methoxy groups -OCH3 is 2. The second-order valence-corrected chi connectivity index (χ2v) is 3.00. The van der Waals surface area contributed by atoms with Crippen LogP contribution in [0.2, 0.25) is 0 Å². The number of rotatable bonds is 4. The average Bonchev–Trinajstić information content (AvgIpc) is 2.27. The number of nitrogens with one attached hydrogen (secondary N) is 1. The molecule has 0 radical (unpaired) electrons. The molecule has 0 aliphatic carbocycles. The first-order valence-corrected chi connectivity index (χ1v) is 4.52. The number of nitrogen functional groups attached to an aromatic ring is 1. The molecule has 0 amide bonds. The van der Waals surface area contributed by atoms with E-state index in [0.29, 0.717) is 5.69 Å². The molecule has 6 heteroatoms. The van der Waals surface area contributed by atoms with Crippen molar-refractivity contribution in [2.45, 2.75) is 0 Å². The number of ether oxygens (including phenoxy) is 2. The van der Waals surface area contributed by atoms with Gasteiger partial charge in [0.05, 0.1) is 25.6 Å². The Bertz CT molecular complexity index is 396. The minimum Gasteiger partial charge on any atom is -0.494 e. The highest BCUT2D eigenvalue weighted by atomic mass is 19.1. The maximum atomic E-state index is 13.2. The summed E-state index contributed by atoms with van der Waals surface area (Å²) >= 11 is 0. The van der Waals surface area contributed by atoms with Crippen molar-refractivity contribution in [3.63, 3.8) is 0 Å². The van der Waals surface area contributed by atoms with Crippen molar-refractivity contribution >= 4 is 17.3 Å². The largest absolute Gasteiger partial charge is 0.494 e. The maximum Gasteiger partial charge on any atom is 0.325 e. The van der Waals surface area contributed by atoms with E-state index in [0.717, 1.165) is 6.07 Å². The summed E-state index contributed by atoms with van der Waals surface area (Å²) < 4.78 is 22.4. The Morgan fingerprint density at radius 1 is 1.50 bits per heavy atom. The first kappa shape index (κ1) is 12.1.